The van der Waals surface area contributed by atoms with Gasteiger partial charge < -0.3 is 14.6 Å². The molecule has 1 unspecified atom stereocenters. The van der Waals surface area contributed by atoms with Gasteiger partial charge >= 0.3 is 0 Å². The second-order valence-electron chi connectivity index (χ2n) is 7.20. The molecule has 0 aromatic heterocycles. The summed E-state index contributed by atoms with van der Waals surface area (Å²) in [7, 11) is 2.74. The molecule has 3 aromatic carbocycles. The SMILES string of the molecule is COc1cccc(OC)c1/C(O)=C1\C(=O)C(=O)N(c2ccc(F)cc2)C1c1ccccc1F. The van der Waals surface area contributed by atoms with Crippen molar-refractivity contribution in [2.45, 2.75) is 6.04 Å². The molecule has 0 spiro atoms. The number of aliphatic hydroxyl groups is 1. The highest BCUT2D eigenvalue weighted by Gasteiger charge is 2.48. The molecule has 1 N–H and O–H groups in total. The predicted octanol–water partition coefficient (Wildman–Crippen LogP) is 4.61. The lowest BCUT2D eigenvalue weighted by molar-refractivity contribution is -0.132. The van der Waals surface area contributed by atoms with Crippen LogP contribution in [0.1, 0.15) is 17.2 Å². The maximum atomic E-state index is 14.9. The molecule has 4 rings (SSSR count). The van der Waals surface area contributed by atoms with Crippen molar-refractivity contribution in [1.82, 2.24) is 0 Å². The van der Waals surface area contributed by atoms with Gasteiger partial charge in [0.2, 0.25) is 0 Å². The van der Waals surface area contributed by atoms with Crippen LogP contribution in [-0.4, -0.2) is 31.0 Å². The van der Waals surface area contributed by atoms with Gasteiger partial charge in [-0.15, -0.1) is 0 Å². The molecule has 1 heterocycles. The fourth-order valence-corrected chi connectivity index (χ4v) is 3.91. The topological polar surface area (TPSA) is 76.1 Å². The first-order chi connectivity index (χ1) is 15.9. The van der Waals surface area contributed by atoms with Crippen LogP contribution in [0.3, 0.4) is 0 Å². The van der Waals surface area contributed by atoms with E-state index in [9.17, 15) is 23.5 Å². The summed E-state index contributed by atoms with van der Waals surface area (Å²) >= 11 is 0. The van der Waals surface area contributed by atoms with Gasteiger partial charge in [0.1, 0.15) is 34.5 Å². The number of ether oxygens (including phenoxy) is 2. The summed E-state index contributed by atoms with van der Waals surface area (Å²) in [4.78, 5) is 27.3. The minimum Gasteiger partial charge on any atom is -0.506 e. The molecule has 33 heavy (non-hydrogen) atoms. The van der Waals surface area contributed by atoms with Gasteiger partial charge in [-0.2, -0.15) is 0 Å². The second kappa shape index (κ2) is 8.74. The summed E-state index contributed by atoms with van der Waals surface area (Å²) in [6.07, 6.45) is 0. The minimum atomic E-state index is -1.31. The minimum absolute atomic E-state index is 0.0172. The van der Waals surface area contributed by atoms with E-state index in [4.69, 9.17) is 9.47 Å². The molecule has 3 aromatic rings. The Morgan fingerprint density at radius 2 is 1.48 bits per heavy atom. The van der Waals surface area contributed by atoms with Gasteiger partial charge in [0.15, 0.2) is 0 Å². The van der Waals surface area contributed by atoms with E-state index in [2.05, 4.69) is 0 Å². The number of nitrogens with zero attached hydrogens (tertiary/aromatic N) is 1. The molecule has 1 saturated heterocycles. The van der Waals surface area contributed by atoms with Crippen LogP contribution in [0.4, 0.5) is 14.5 Å². The van der Waals surface area contributed by atoms with Crippen molar-refractivity contribution >= 4 is 23.1 Å². The van der Waals surface area contributed by atoms with Gasteiger partial charge in [-0.1, -0.05) is 24.3 Å². The van der Waals surface area contributed by atoms with Crippen LogP contribution in [0.2, 0.25) is 0 Å². The number of carbonyl (C=O) groups is 2. The quantitative estimate of drug-likeness (QED) is 0.348. The largest absolute Gasteiger partial charge is 0.506 e. The summed E-state index contributed by atoms with van der Waals surface area (Å²) in [5.41, 5.74) is -0.160. The summed E-state index contributed by atoms with van der Waals surface area (Å²) in [5, 5.41) is 11.3. The van der Waals surface area contributed by atoms with Crippen LogP contribution in [0, 0.1) is 11.6 Å². The summed E-state index contributed by atoms with van der Waals surface area (Å²) in [6, 6.07) is 13.9. The predicted molar refractivity (Wildman–Crippen MR) is 117 cm³/mol. The third-order valence-corrected chi connectivity index (χ3v) is 5.41. The number of Topliss-reactive ketones (excluding diaryl/α,β-unsaturated/α-hetero) is 1. The molecule has 168 valence electrons. The van der Waals surface area contributed by atoms with E-state index in [0.717, 1.165) is 17.0 Å². The van der Waals surface area contributed by atoms with Crippen molar-refractivity contribution in [2.75, 3.05) is 19.1 Å². The lowest BCUT2D eigenvalue weighted by Crippen LogP contribution is -2.29. The van der Waals surface area contributed by atoms with Gasteiger partial charge in [0.05, 0.1) is 25.8 Å². The number of halogens is 2. The maximum absolute atomic E-state index is 14.9. The monoisotopic (exact) mass is 451 g/mol. The van der Waals surface area contributed by atoms with Gasteiger partial charge in [-0.25, -0.2) is 8.78 Å². The first-order valence-electron chi connectivity index (χ1n) is 9.91. The van der Waals surface area contributed by atoms with E-state index in [1.807, 2.05) is 0 Å². The Kier molecular flexibility index (Phi) is 5.83. The van der Waals surface area contributed by atoms with Crippen LogP contribution in [0.5, 0.6) is 11.5 Å². The van der Waals surface area contributed by atoms with Gasteiger partial charge in [-0.05, 0) is 42.5 Å². The summed E-state index contributed by atoms with van der Waals surface area (Å²) < 4.78 is 39.1. The number of amides is 1. The number of hydrogen-bond acceptors (Lipinski definition) is 5. The van der Waals surface area contributed by atoms with E-state index in [0.29, 0.717) is 0 Å². The normalized spacial score (nSPS) is 17.3. The Labute approximate surface area is 188 Å². The van der Waals surface area contributed by atoms with Gasteiger partial charge in [0.25, 0.3) is 11.7 Å². The fraction of sp³-hybridized carbons (Fsp3) is 0.120. The average molecular weight is 451 g/mol. The Morgan fingerprint density at radius 3 is 2.06 bits per heavy atom. The highest BCUT2D eigenvalue weighted by molar-refractivity contribution is 6.51. The second-order valence-corrected chi connectivity index (χ2v) is 7.20. The van der Waals surface area contributed by atoms with E-state index < -0.39 is 35.1 Å². The number of rotatable bonds is 5. The maximum Gasteiger partial charge on any atom is 0.300 e. The highest BCUT2D eigenvalue weighted by atomic mass is 19.1. The standard InChI is InChI=1S/C25H19F2NO5/c1-32-18-8-5-9-19(33-2)20(18)23(29)21-22(16-6-3-4-7-17(16)27)28(25(31)24(21)30)15-12-10-14(26)11-13-15/h3-13,22,29H,1-2H3/b23-21+. The summed E-state index contributed by atoms with van der Waals surface area (Å²) in [6.45, 7) is 0. The van der Waals surface area contributed by atoms with Crippen LogP contribution < -0.4 is 14.4 Å². The number of hydrogen-bond donors (Lipinski definition) is 1. The van der Waals surface area contributed by atoms with E-state index in [1.54, 1.807) is 24.3 Å². The zero-order chi connectivity index (χ0) is 23.7. The van der Waals surface area contributed by atoms with Crippen molar-refractivity contribution in [1.29, 1.82) is 0 Å². The zero-order valence-corrected chi connectivity index (χ0v) is 17.7. The van der Waals surface area contributed by atoms with E-state index >= 15 is 0 Å². The van der Waals surface area contributed by atoms with Crippen molar-refractivity contribution in [3.05, 3.63) is 95.1 Å². The molecule has 0 bridgehead atoms. The number of benzene rings is 3. The number of methoxy groups -OCH3 is 2. The lowest BCUT2D eigenvalue weighted by atomic mass is 9.94. The molecule has 0 radical (unpaired) electrons. The van der Waals surface area contributed by atoms with E-state index in [-0.39, 0.29) is 33.9 Å². The Bertz CT molecular complexity index is 1250. The lowest BCUT2D eigenvalue weighted by Gasteiger charge is -2.26. The smallest absolute Gasteiger partial charge is 0.300 e. The molecule has 1 aliphatic heterocycles. The van der Waals surface area contributed by atoms with Crippen LogP contribution in [-0.2, 0) is 9.59 Å². The Hall–Kier alpha value is -4.20. The van der Waals surface area contributed by atoms with Crippen molar-refractivity contribution in [3.63, 3.8) is 0 Å². The molecule has 0 aliphatic carbocycles. The molecule has 1 aliphatic rings. The number of aliphatic hydroxyl groups excluding tert-OH is 1. The molecule has 1 amide bonds. The van der Waals surface area contributed by atoms with Crippen molar-refractivity contribution in [3.8, 4) is 11.5 Å². The molecule has 1 fully saturated rings. The molecule has 8 heteroatoms. The number of carbonyl (C=O) groups excluding carboxylic acids is 2. The fourth-order valence-electron chi connectivity index (χ4n) is 3.91. The highest BCUT2D eigenvalue weighted by Crippen LogP contribution is 2.45. The molecule has 1 atom stereocenters. The van der Waals surface area contributed by atoms with Crippen LogP contribution in [0.25, 0.3) is 5.76 Å². The van der Waals surface area contributed by atoms with Gasteiger partial charge in [-0.3, -0.25) is 14.5 Å². The van der Waals surface area contributed by atoms with Gasteiger partial charge in [0, 0.05) is 11.3 Å². The summed E-state index contributed by atoms with van der Waals surface area (Å²) in [5.74, 6) is -3.46. The molecule has 0 saturated carbocycles. The Balaban J connectivity index is 2.03. The first kappa shape index (κ1) is 22.0. The molecular weight excluding hydrogens is 432 g/mol. The number of anilines is 1. The Morgan fingerprint density at radius 1 is 0.879 bits per heavy atom. The molecular formula is C25H19F2NO5. The molecule has 6 nitrogen and oxygen atoms in total. The van der Waals surface area contributed by atoms with E-state index in [1.165, 1.54) is 44.6 Å². The van der Waals surface area contributed by atoms with Crippen molar-refractivity contribution in [2.24, 2.45) is 0 Å². The third kappa shape index (κ3) is 3.69. The third-order valence-electron chi connectivity index (χ3n) is 5.41. The number of ketones is 1. The van der Waals surface area contributed by atoms with Crippen LogP contribution >= 0.6 is 0 Å². The zero-order valence-electron chi connectivity index (χ0n) is 17.7. The van der Waals surface area contributed by atoms with Crippen LogP contribution in [0.15, 0.2) is 72.3 Å². The first-order valence-corrected chi connectivity index (χ1v) is 9.91. The average Bonchev–Trinajstić information content (AvgIpc) is 3.09. The van der Waals surface area contributed by atoms with Crippen molar-refractivity contribution < 1.29 is 33.0 Å².